The molecule has 0 atom stereocenters. The average Bonchev–Trinajstić information content (AvgIpc) is 2.41. The molecular formula is C17H27FN2O. The number of nitrogens with one attached hydrogen (secondary N) is 1. The van der Waals surface area contributed by atoms with Gasteiger partial charge in [-0.3, -0.25) is 0 Å². The second-order valence-corrected chi connectivity index (χ2v) is 7.13. The standard InChI is InChI=1S/C17H27FN2O/c1-12(2)19-10-13-9-14(18)11-20-16(13)21-15-5-7-17(3,4)8-6-15/h9,11-12,15,19H,5-8,10H2,1-4H3. The van der Waals surface area contributed by atoms with Crippen LogP contribution in [0, 0.1) is 11.2 Å². The first-order valence-electron chi connectivity index (χ1n) is 7.90. The summed E-state index contributed by atoms with van der Waals surface area (Å²) in [6.07, 6.45) is 5.86. The lowest BCUT2D eigenvalue weighted by molar-refractivity contribution is 0.0937. The first kappa shape index (κ1) is 16.2. The highest BCUT2D eigenvalue weighted by Crippen LogP contribution is 2.36. The van der Waals surface area contributed by atoms with Gasteiger partial charge in [0, 0.05) is 18.2 Å². The molecule has 21 heavy (non-hydrogen) atoms. The van der Waals surface area contributed by atoms with E-state index < -0.39 is 0 Å². The number of hydrogen-bond acceptors (Lipinski definition) is 3. The third-order valence-electron chi connectivity index (χ3n) is 4.16. The van der Waals surface area contributed by atoms with Gasteiger partial charge in [0.2, 0.25) is 5.88 Å². The zero-order valence-electron chi connectivity index (χ0n) is 13.6. The number of nitrogens with zero attached hydrogens (tertiary/aromatic N) is 1. The summed E-state index contributed by atoms with van der Waals surface area (Å²) < 4.78 is 19.5. The predicted octanol–water partition coefficient (Wildman–Crippen LogP) is 4.07. The Kier molecular flexibility index (Phi) is 5.20. The van der Waals surface area contributed by atoms with E-state index in [0.29, 0.717) is 23.9 Å². The van der Waals surface area contributed by atoms with Crippen LogP contribution in [0.25, 0.3) is 0 Å². The van der Waals surface area contributed by atoms with Crippen LogP contribution in [-0.2, 0) is 6.54 Å². The van der Waals surface area contributed by atoms with Gasteiger partial charge in [-0.1, -0.05) is 27.7 Å². The Morgan fingerprint density at radius 2 is 2.05 bits per heavy atom. The van der Waals surface area contributed by atoms with E-state index in [-0.39, 0.29) is 11.9 Å². The van der Waals surface area contributed by atoms with Crippen molar-refractivity contribution < 1.29 is 9.13 Å². The maximum atomic E-state index is 13.4. The number of hydrogen-bond donors (Lipinski definition) is 1. The van der Waals surface area contributed by atoms with E-state index in [4.69, 9.17) is 4.74 Å². The molecular weight excluding hydrogens is 267 g/mol. The fourth-order valence-corrected chi connectivity index (χ4v) is 2.66. The van der Waals surface area contributed by atoms with E-state index in [9.17, 15) is 4.39 Å². The molecule has 0 aromatic carbocycles. The van der Waals surface area contributed by atoms with Crippen LogP contribution in [0.15, 0.2) is 12.3 Å². The van der Waals surface area contributed by atoms with Crippen molar-refractivity contribution in [3.63, 3.8) is 0 Å². The quantitative estimate of drug-likeness (QED) is 0.889. The predicted molar refractivity (Wildman–Crippen MR) is 82.8 cm³/mol. The van der Waals surface area contributed by atoms with E-state index in [1.807, 2.05) is 0 Å². The van der Waals surface area contributed by atoms with Crippen molar-refractivity contribution in [3.8, 4) is 5.88 Å². The molecule has 0 spiro atoms. The van der Waals surface area contributed by atoms with E-state index >= 15 is 0 Å². The smallest absolute Gasteiger partial charge is 0.218 e. The van der Waals surface area contributed by atoms with Crippen LogP contribution in [0.1, 0.15) is 58.9 Å². The molecule has 0 aliphatic heterocycles. The van der Waals surface area contributed by atoms with Gasteiger partial charge in [-0.15, -0.1) is 0 Å². The largest absolute Gasteiger partial charge is 0.474 e. The third-order valence-corrected chi connectivity index (χ3v) is 4.16. The molecule has 0 bridgehead atoms. The zero-order valence-corrected chi connectivity index (χ0v) is 13.6. The number of pyridine rings is 1. The lowest BCUT2D eigenvalue weighted by Gasteiger charge is -2.34. The molecule has 1 heterocycles. The number of aromatic nitrogens is 1. The average molecular weight is 294 g/mol. The molecule has 1 N–H and O–H groups in total. The number of halogens is 1. The first-order chi connectivity index (χ1) is 9.85. The van der Waals surface area contributed by atoms with Crippen molar-refractivity contribution >= 4 is 0 Å². The van der Waals surface area contributed by atoms with Gasteiger partial charge in [-0.05, 0) is 37.2 Å². The van der Waals surface area contributed by atoms with E-state index in [1.54, 1.807) is 0 Å². The third kappa shape index (κ3) is 4.95. The van der Waals surface area contributed by atoms with E-state index in [1.165, 1.54) is 25.1 Å². The topological polar surface area (TPSA) is 34.2 Å². The highest BCUT2D eigenvalue weighted by atomic mass is 19.1. The summed E-state index contributed by atoms with van der Waals surface area (Å²) in [5.74, 6) is 0.266. The highest BCUT2D eigenvalue weighted by molar-refractivity contribution is 5.26. The van der Waals surface area contributed by atoms with Crippen molar-refractivity contribution in [1.29, 1.82) is 0 Å². The molecule has 1 saturated carbocycles. The fraction of sp³-hybridized carbons (Fsp3) is 0.706. The molecule has 3 nitrogen and oxygen atoms in total. The fourth-order valence-electron chi connectivity index (χ4n) is 2.66. The summed E-state index contributed by atoms with van der Waals surface area (Å²) in [6, 6.07) is 1.86. The second kappa shape index (κ2) is 6.73. The lowest BCUT2D eigenvalue weighted by atomic mass is 9.76. The summed E-state index contributed by atoms with van der Waals surface area (Å²) in [5, 5.41) is 3.29. The van der Waals surface area contributed by atoms with E-state index in [0.717, 1.165) is 18.4 Å². The van der Waals surface area contributed by atoms with Gasteiger partial charge < -0.3 is 10.1 Å². The molecule has 4 heteroatoms. The molecule has 0 amide bonds. The van der Waals surface area contributed by atoms with Crippen LogP contribution in [0.5, 0.6) is 5.88 Å². The molecule has 2 rings (SSSR count). The maximum Gasteiger partial charge on any atom is 0.218 e. The summed E-state index contributed by atoms with van der Waals surface area (Å²) in [7, 11) is 0. The normalized spacial score (nSPS) is 19.0. The SMILES string of the molecule is CC(C)NCc1cc(F)cnc1OC1CCC(C)(C)CC1. The number of rotatable bonds is 5. The van der Waals surface area contributed by atoms with Crippen LogP contribution in [0.3, 0.4) is 0 Å². The van der Waals surface area contributed by atoms with Gasteiger partial charge in [-0.2, -0.15) is 0 Å². The van der Waals surface area contributed by atoms with Crippen molar-refractivity contribution in [2.45, 2.75) is 72.1 Å². The Bertz CT molecular complexity index is 464. The van der Waals surface area contributed by atoms with Crippen LogP contribution >= 0.6 is 0 Å². The second-order valence-electron chi connectivity index (χ2n) is 7.13. The molecule has 1 aliphatic rings. The van der Waals surface area contributed by atoms with Crippen molar-refractivity contribution in [1.82, 2.24) is 10.3 Å². The first-order valence-corrected chi connectivity index (χ1v) is 7.90. The molecule has 0 saturated heterocycles. The Labute approximate surface area is 127 Å². The molecule has 1 fully saturated rings. The Morgan fingerprint density at radius 3 is 2.67 bits per heavy atom. The molecule has 0 unspecified atom stereocenters. The van der Waals surface area contributed by atoms with Crippen molar-refractivity contribution in [2.24, 2.45) is 5.41 Å². The monoisotopic (exact) mass is 294 g/mol. The minimum Gasteiger partial charge on any atom is -0.474 e. The molecule has 1 aliphatic carbocycles. The van der Waals surface area contributed by atoms with Crippen LogP contribution in [-0.4, -0.2) is 17.1 Å². The van der Waals surface area contributed by atoms with Crippen molar-refractivity contribution in [3.05, 3.63) is 23.6 Å². The lowest BCUT2D eigenvalue weighted by Crippen LogP contribution is -2.29. The molecule has 1 aromatic heterocycles. The van der Waals surface area contributed by atoms with E-state index in [2.05, 4.69) is 38.0 Å². The summed E-state index contributed by atoms with van der Waals surface area (Å²) >= 11 is 0. The zero-order chi connectivity index (χ0) is 15.5. The maximum absolute atomic E-state index is 13.4. The van der Waals surface area contributed by atoms with Crippen LogP contribution in [0.2, 0.25) is 0 Å². The minimum absolute atomic E-state index is 0.203. The molecule has 1 aromatic rings. The highest BCUT2D eigenvalue weighted by Gasteiger charge is 2.28. The van der Waals surface area contributed by atoms with Gasteiger partial charge in [0.15, 0.2) is 0 Å². The molecule has 0 radical (unpaired) electrons. The van der Waals surface area contributed by atoms with Gasteiger partial charge in [-0.25, -0.2) is 9.37 Å². The Morgan fingerprint density at radius 1 is 1.38 bits per heavy atom. The Hall–Kier alpha value is -1.16. The minimum atomic E-state index is -0.312. The van der Waals surface area contributed by atoms with Gasteiger partial charge >= 0.3 is 0 Å². The number of ether oxygens (including phenoxy) is 1. The summed E-state index contributed by atoms with van der Waals surface area (Å²) in [5.41, 5.74) is 1.21. The van der Waals surface area contributed by atoms with Crippen LogP contribution in [0.4, 0.5) is 4.39 Å². The van der Waals surface area contributed by atoms with Gasteiger partial charge in [0.1, 0.15) is 11.9 Å². The Balaban J connectivity index is 2.02. The summed E-state index contributed by atoms with van der Waals surface area (Å²) in [6.45, 7) is 9.32. The molecule has 118 valence electrons. The van der Waals surface area contributed by atoms with Crippen molar-refractivity contribution in [2.75, 3.05) is 0 Å². The summed E-state index contributed by atoms with van der Waals surface area (Å²) in [4.78, 5) is 4.15. The van der Waals surface area contributed by atoms with Gasteiger partial charge in [0.05, 0.1) is 6.20 Å². The van der Waals surface area contributed by atoms with Crippen LogP contribution < -0.4 is 10.1 Å². The van der Waals surface area contributed by atoms with Gasteiger partial charge in [0.25, 0.3) is 0 Å².